The van der Waals surface area contributed by atoms with E-state index in [4.69, 9.17) is 0 Å². The first-order valence-corrected chi connectivity index (χ1v) is 5.16. The molecule has 0 aliphatic heterocycles. The van der Waals surface area contributed by atoms with E-state index in [0.717, 1.165) is 9.13 Å². The molecular formula is C11H11N3O3. The zero-order valence-corrected chi connectivity index (χ0v) is 9.21. The van der Waals surface area contributed by atoms with Gasteiger partial charge >= 0.3 is 17.1 Å². The predicted octanol–water partition coefficient (Wildman–Crippen LogP) is -0.293. The van der Waals surface area contributed by atoms with Crippen LogP contribution < -0.4 is 17.1 Å². The Morgan fingerprint density at radius 1 is 1.06 bits per heavy atom. The summed E-state index contributed by atoms with van der Waals surface area (Å²) in [6, 6.07) is 8.45. The molecule has 88 valence electrons. The number of H-pyrrole nitrogens is 1. The summed E-state index contributed by atoms with van der Waals surface area (Å²) in [6.45, 7) is 1.87. The summed E-state index contributed by atoms with van der Waals surface area (Å²) < 4.78 is 1.90. The molecule has 1 aromatic carbocycles. The lowest BCUT2D eigenvalue weighted by Crippen LogP contribution is -2.48. The molecule has 0 unspecified atom stereocenters. The Hall–Kier alpha value is -2.37. The topological polar surface area (TPSA) is 76.9 Å². The van der Waals surface area contributed by atoms with Gasteiger partial charge in [0, 0.05) is 6.54 Å². The second-order valence-electron chi connectivity index (χ2n) is 3.43. The molecule has 0 atom stereocenters. The number of aromatic amines is 1. The zero-order valence-electron chi connectivity index (χ0n) is 9.21. The molecule has 0 saturated carbocycles. The minimum atomic E-state index is -0.726. The quantitative estimate of drug-likeness (QED) is 0.774. The highest BCUT2D eigenvalue weighted by Gasteiger charge is 2.09. The van der Waals surface area contributed by atoms with Gasteiger partial charge in [-0.25, -0.2) is 23.5 Å². The van der Waals surface area contributed by atoms with Crippen LogP contribution in [0, 0.1) is 0 Å². The highest BCUT2D eigenvalue weighted by Crippen LogP contribution is 1.99. The van der Waals surface area contributed by atoms with Crippen LogP contribution in [-0.4, -0.2) is 14.1 Å². The first-order valence-electron chi connectivity index (χ1n) is 5.16. The molecule has 6 heteroatoms. The van der Waals surface area contributed by atoms with Crippen LogP contribution in [-0.2, 0) is 6.54 Å². The third-order valence-corrected chi connectivity index (χ3v) is 2.41. The minimum Gasteiger partial charge on any atom is -0.258 e. The lowest BCUT2D eigenvalue weighted by Gasteiger charge is -2.06. The zero-order chi connectivity index (χ0) is 12.4. The van der Waals surface area contributed by atoms with Crippen molar-refractivity contribution < 1.29 is 0 Å². The summed E-state index contributed by atoms with van der Waals surface area (Å²) in [5, 5.41) is 0. The van der Waals surface area contributed by atoms with E-state index in [0.29, 0.717) is 5.69 Å². The first kappa shape index (κ1) is 11.1. The molecule has 1 aromatic heterocycles. The summed E-state index contributed by atoms with van der Waals surface area (Å²) in [5.41, 5.74) is -1.61. The molecule has 1 N–H and O–H groups in total. The van der Waals surface area contributed by atoms with Crippen molar-refractivity contribution in [1.82, 2.24) is 14.1 Å². The molecule has 0 fully saturated rings. The van der Waals surface area contributed by atoms with E-state index in [2.05, 4.69) is 4.98 Å². The van der Waals surface area contributed by atoms with Crippen molar-refractivity contribution in [3.8, 4) is 5.69 Å². The summed E-state index contributed by atoms with van der Waals surface area (Å²) in [5.74, 6) is 0. The second-order valence-corrected chi connectivity index (χ2v) is 3.43. The maximum absolute atomic E-state index is 11.9. The Morgan fingerprint density at radius 2 is 1.71 bits per heavy atom. The predicted molar refractivity (Wildman–Crippen MR) is 62.6 cm³/mol. The molecule has 2 aromatic rings. The van der Waals surface area contributed by atoms with Crippen molar-refractivity contribution in [3.05, 3.63) is 61.8 Å². The molecule has 17 heavy (non-hydrogen) atoms. The second kappa shape index (κ2) is 4.25. The number of para-hydroxylation sites is 1. The van der Waals surface area contributed by atoms with Gasteiger partial charge in [-0.2, -0.15) is 0 Å². The largest absolute Gasteiger partial charge is 0.340 e. The van der Waals surface area contributed by atoms with Gasteiger partial charge in [0.25, 0.3) is 0 Å². The standard InChI is InChI=1S/C11H11N3O3/c1-2-13-9(15)12-10(16)14(11(13)17)8-6-4-3-5-7-8/h3-7H,2H2,1H3,(H,12,15,16). The van der Waals surface area contributed by atoms with Gasteiger partial charge < -0.3 is 0 Å². The van der Waals surface area contributed by atoms with Crippen LogP contribution in [0.25, 0.3) is 5.69 Å². The van der Waals surface area contributed by atoms with Gasteiger partial charge in [-0.3, -0.25) is 4.98 Å². The van der Waals surface area contributed by atoms with Gasteiger partial charge in [-0.05, 0) is 19.1 Å². The number of benzene rings is 1. The van der Waals surface area contributed by atoms with E-state index >= 15 is 0 Å². The first-order chi connectivity index (χ1) is 8.15. The molecule has 0 bridgehead atoms. The van der Waals surface area contributed by atoms with Gasteiger partial charge in [-0.1, -0.05) is 18.2 Å². The number of rotatable bonds is 2. The highest BCUT2D eigenvalue weighted by molar-refractivity contribution is 5.30. The number of nitrogens with zero attached hydrogens (tertiary/aromatic N) is 2. The van der Waals surface area contributed by atoms with Crippen LogP contribution in [0.5, 0.6) is 0 Å². The molecule has 0 spiro atoms. The van der Waals surface area contributed by atoms with E-state index in [1.165, 1.54) is 0 Å². The monoisotopic (exact) mass is 233 g/mol. The number of hydrogen-bond donors (Lipinski definition) is 1. The Bertz CT molecular complexity index is 694. The Balaban J connectivity index is 2.85. The van der Waals surface area contributed by atoms with Crippen LogP contribution in [0.3, 0.4) is 0 Å². The fraction of sp³-hybridized carbons (Fsp3) is 0.182. The molecule has 0 aliphatic carbocycles. The SMILES string of the molecule is CCn1c(=O)[nH]c(=O)n(-c2ccccc2)c1=O. The van der Waals surface area contributed by atoms with E-state index in [9.17, 15) is 14.4 Å². The summed E-state index contributed by atoms with van der Waals surface area (Å²) >= 11 is 0. The summed E-state index contributed by atoms with van der Waals surface area (Å²) in [7, 11) is 0. The van der Waals surface area contributed by atoms with E-state index < -0.39 is 17.1 Å². The third-order valence-electron chi connectivity index (χ3n) is 2.41. The van der Waals surface area contributed by atoms with Gasteiger partial charge in [0.2, 0.25) is 0 Å². The number of hydrogen-bond acceptors (Lipinski definition) is 3. The van der Waals surface area contributed by atoms with Gasteiger partial charge in [0.15, 0.2) is 0 Å². The molecule has 0 aliphatic rings. The molecule has 1 heterocycles. The van der Waals surface area contributed by atoms with Crippen LogP contribution in [0.4, 0.5) is 0 Å². The van der Waals surface area contributed by atoms with E-state index in [-0.39, 0.29) is 6.54 Å². The van der Waals surface area contributed by atoms with Crippen molar-refractivity contribution in [2.24, 2.45) is 0 Å². The third kappa shape index (κ3) is 1.84. The Kier molecular flexibility index (Phi) is 2.78. The van der Waals surface area contributed by atoms with Crippen molar-refractivity contribution in [3.63, 3.8) is 0 Å². The van der Waals surface area contributed by atoms with Crippen molar-refractivity contribution in [2.75, 3.05) is 0 Å². The maximum Gasteiger partial charge on any atom is 0.340 e. The smallest absolute Gasteiger partial charge is 0.258 e. The Labute approximate surface area is 95.8 Å². The minimum absolute atomic E-state index is 0.210. The number of aromatic nitrogens is 3. The van der Waals surface area contributed by atoms with Crippen molar-refractivity contribution >= 4 is 0 Å². The number of nitrogens with one attached hydrogen (secondary N) is 1. The lowest BCUT2D eigenvalue weighted by molar-refractivity contribution is 0.600. The van der Waals surface area contributed by atoms with Gasteiger partial charge in [-0.15, -0.1) is 0 Å². The van der Waals surface area contributed by atoms with Gasteiger partial charge in [0.05, 0.1) is 5.69 Å². The van der Waals surface area contributed by atoms with E-state index in [1.54, 1.807) is 37.3 Å². The average Bonchev–Trinajstić information content (AvgIpc) is 2.30. The summed E-state index contributed by atoms with van der Waals surface area (Å²) in [4.78, 5) is 37.1. The lowest BCUT2D eigenvalue weighted by atomic mass is 10.3. The average molecular weight is 233 g/mol. The van der Waals surface area contributed by atoms with Crippen LogP contribution in [0.2, 0.25) is 0 Å². The molecule has 0 saturated heterocycles. The fourth-order valence-electron chi connectivity index (χ4n) is 1.59. The van der Waals surface area contributed by atoms with E-state index in [1.807, 2.05) is 0 Å². The molecule has 0 amide bonds. The van der Waals surface area contributed by atoms with Gasteiger partial charge in [0.1, 0.15) is 0 Å². The van der Waals surface area contributed by atoms with Crippen LogP contribution >= 0.6 is 0 Å². The van der Waals surface area contributed by atoms with Crippen LogP contribution in [0.1, 0.15) is 6.92 Å². The fourth-order valence-corrected chi connectivity index (χ4v) is 1.59. The molecule has 6 nitrogen and oxygen atoms in total. The highest BCUT2D eigenvalue weighted by atomic mass is 16.2. The molecular weight excluding hydrogens is 222 g/mol. The van der Waals surface area contributed by atoms with Crippen LogP contribution in [0.15, 0.2) is 44.7 Å². The normalized spacial score (nSPS) is 10.4. The van der Waals surface area contributed by atoms with Crippen molar-refractivity contribution in [2.45, 2.75) is 13.5 Å². The van der Waals surface area contributed by atoms with Crippen molar-refractivity contribution in [1.29, 1.82) is 0 Å². The molecule has 2 rings (SSSR count). The maximum atomic E-state index is 11.9. The summed E-state index contributed by atoms with van der Waals surface area (Å²) in [6.07, 6.45) is 0. The Morgan fingerprint density at radius 3 is 2.29 bits per heavy atom. The molecule has 0 radical (unpaired) electrons.